The average Bonchev–Trinajstić information content (AvgIpc) is 2.80. The van der Waals surface area contributed by atoms with Crippen LogP contribution < -0.4 is 5.32 Å². The van der Waals surface area contributed by atoms with Crippen LogP contribution in [0.2, 0.25) is 0 Å². The molecule has 1 aromatic heterocycles. The van der Waals surface area contributed by atoms with Gasteiger partial charge in [0.15, 0.2) is 0 Å². The minimum Gasteiger partial charge on any atom is -0.310 e. The van der Waals surface area contributed by atoms with Gasteiger partial charge in [0.25, 0.3) is 0 Å². The average molecular weight is 216 g/mol. The number of aromatic nitrogens is 3. The summed E-state index contributed by atoms with van der Waals surface area (Å²) in [5.74, 6) is 0. The summed E-state index contributed by atoms with van der Waals surface area (Å²) < 4.78 is 1.76. The van der Waals surface area contributed by atoms with Crippen molar-refractivity contribution < 1.29 is 0 Å². The molecule has 0 saturated heterocycles. The smallest absolute Gasteiger partial charge is 0.138 e. The molecule has 0 radical (unpaired) electrons. The Morgan fingerprint density at radius 2 is 2.25 bits per heavy atom. The summed E-state index contributed by atoms with van der Waals surface area (Å²) in [6, 6.07) is 8.77. The van der Waals surface area contributed by atoms with E-state index in [0.717, 1.165) is 12.2 Å². The Labute approximate surface area is 95.3 Å². The molecule has 2 aromatic rings. The van der Waals surface area contributed by atoms with Crippen molar-refractivity contribution in [3.8, 4) is 5.69 Å². The van der Waals surface area contributed by atoms with E-state index in [2.05, 4.69) is 41.4 Å². The second kappa shape index (κ2) is 4.90. The van der Waals surface area contributed by atoms with E-state index in [4.69, 9.17) is 0 Å². The monoisotopic (exact) mass is 216 g/mol. The second-order valence-corrected chi connectivity index (χ2v) is 4.05. The molecule has 0 unspecified atom stereocenters. The molecule has 4 heteroatoms. The first kappa shape index (κ1) is 10.8. The van der Waals surface area contributed by atoms with Crippen LogP contribution in [0.4, 0.5) is 0 Å². The summed E-state index contributed by atoms with van der Waals surface area (Å²) in [5.41, 5.74) is 2.29. The predicted octanol–water partition coefficient (Wildman–Crippen LogP) is 1.77. The Morgan fingerprint density at radius 3 is 2.94 bits per heavy atom. The Morgan fingerprint density at radius 1 is 1.38 bits per heavy atom. The van der Waals surface area contributed by atoms with Gasteiger partial charge < -0.3 is 5.32 Å². The number of hydrogen-bond donors (Lipinski definition) is 1. The van der Waals surface area contributed by atoms with Crippen molar-refractivity contribution in [3.05, 3.63) is 42.5 Å². The molecule has 2 rings (SSSR count). The lowest BCUT2D eigenvalue weighted by atomic mass is 10.2. The molecule has 0 aliphatic carbocycles. The summed E-state index contributed by atoms with van der Waals surface area (Å²) >= 11 is 0. The zero-order chi connectivity index (χ0) is 11.4. The number of rotatable bonds is 4. The third-order valence-electron chi connectivity index (χ3n) is 2.31. The molecule has 0 saturated carbocycles. The highest BCUT2D eigenvalue weighted by molar-refractivity contribution is 5.34. The van der Waals surface area contributed by atoms with E-state index >= 15 is 0 Å². The maximum atomic E-state index is 4.11. The molecule has 0 spiro atoms. The first-order valence-electron chi connectivity index (χ1n) is 5.43. The molecule has 0 atom stereocenters. The van der Waals surface area contributed by atoms with Crippen molar-refractivity contribution in [2.24, 2.45) is 0 Å². The van der Waals surface area contributed by atoms with Gasteiger partial charge >= 0.3 is 0 Å². The lowest BCUT2D eigenvalue weighted by molar-refractivity contribution is 0.588. The Hall–Kier alpha value is -1.68. The van der Waals surface area contributed by atoms with E-state index in [1.807, 2.05) is 12.1 Å². The van der Waals surface area contributed by atoms with Crippen LogP contribution >= 0.6 is 0 Å². The highest BCUT2D eigenvalue weighted by Gasteiger charge is 1.99. The van der Waals surface area contributed by atoms with Gasteiger partial charge in [0.2, 0.25) is 0 Å². The quantitative estimate of drug-likeness (QED) is 0.847. The summed E-state index contributed by atoms with van der Waals surface area (Å²) in [5, 5.41) is 7.50. The molecule has 4 nitrogen and oxygen atoms in total. The van der Waals surface area contributed by atoms with E-state index < -0.39 is 0 Å². The van der Waals surface area contributed by atoms with Gasteiger partial charge in [-0.3, -0.25) is 0 Å². The van der Waals surface area contributed by atoms with Gasteiger partial charge in [0.05, 0.1) is 5.69 Å². The van der Waals surface area contributed by atoms with Crippen molar-refractivity contribution in [1.29, 1.82) is 0 Å². The van der Waals surface area contributed by atoms with E-state index in [0.29, 0.717) is 6.04 Å². The summed E-state index contributed by atoms with van der Waals surface area (Å²) in [6.45, 7) is 5.16. The highest BCUT2D eigenvalue weighted by Crippen LogP contribution is 2.08. The van der Waals surface area contributed by atoms with Crippen LogP contribution in [0.1, 0.15) is 19.4 Å². The molecular formula is C12H16N4. The summed E-state index contributed by atoms with van der Waals surface area (Å²) in [4.78, 5) is 3.94. The molecule has 1 N–H and O–H groups in total. The summed E-state index contributed by atoms with van der Waals surface area (Å²) in [7, 11) is 0. The molecule has 0 bridgehead atoms. The lowest BCUT2D eigenvalue weighted by Gasteiger charge is -2.09. The minimum atomic E-state index is 0.495. The molecule has 84 valence electrons. The molecular weight excluding hydrogens is 200 g/mol. The van der Waals surface area contributed by atoms with Gasteiger partial charge in [0.1, 0.15) is 12.7 Å². The molecule has 0 fully saturated rings. The molecule has 0 aliphatic rings. The van der Waals surface area contributed by atoms with Crippen molar-refractivity contribution in [2.75, 3.05) is 0 Å². The molecule has 16 heavy (non-hydrogen) atoms. The van der Waals surface area contributed by atoms with Gasteiger partial charge in [-0.15, -0.1) is 0 Å². The third kappa shape index (κ3) is 2.67. The standard InChI is InChI=1S/C12H16N4/c1-10(2)14-7-11-4-3-5-12(6-11)16-9-13-8-15-16/h3-6,8-10,14H,7H2,1-2H3. The largest absolute Gasteiger partial charge is 0.310 e. The van der Waals surface area contributed by atoms with Gasteiger partial charge in [-0.2, -0.15) is 5.10 Å². The molecule has 0 aliphatic heterocycles. The van der Waals surface area contributed by atoms with Gasteiger partial charge in [-0.1, -0.05) is 26.0 Å². The van der Waals surface area contributed by atoms with Gasteiger partial charge in [-0.25, -0.2) is 9.67 Å². The third-order valence-corrected chi connectivity index (χ3v) is 2.31. The van der Waals surface area contributed by atoms with Crippen LogP contribution in [0.25, 0.3) is 5.69 Å². The maximum Gasteiger partial charge on any atom is 0.138 e. The van der Waals surface area contributed by atoms with Crippen molar-refractivity contribution in [3.63, 3.8) is 0 Å². The number of nitrogens with one attached hydrogen (secondary N) is 1. The Bertz CT molecular complexity index is 434. The molecule has 1 heterocycles. The highest BCUT2D eigenvalue weighted by atomic mass is 15.3. The number of benzene rings is 1. The van der Waals surface area contributed by atoms with Crippen molar-refractivity contribution in [1.82, 2.24) is 20.1 Å². The van der Waals surface area contributed by atoms with Crippen LogP contribution in [0.5, 0.6) is 0 Å². The number of nitrogens with zero attached hydrogens (tertiary/aromatic N) is 3. The fourth-order valence-electron chi connectivity index (χ4n) is 1.47. The van der Waals surface area contributed by atoms with E-state index in [9.17, 15) is 0 Å². The topological polar surface area (TPSA) is 42.7 Å². The van der Waals surface area contributed by atoms with Crippen molar-refractivity contribution in [2.45, 2.75) is 26.4 Å². The van der Waals surface area contributed by atoms with E-state index in [1.165, 1.54) is 5.56 Å². The normalized spacial score (nSPS) is 10.9. The van der Waals surface area contributed by atoms with Crippen LogP contribution in [-0.4, -0.2) is 20.8 Å². The van der Waals surface area contributed by atoms with E-state index in [1.54, 1.807) is 17.3 Å². The van der Waals surface area contributed by atoms with Crippen LogP contribution in [0.15, 0.2) is 36.9 Å². The van der Waals surface area contributed by atoms with E-state index in [-0.39, 0.29) is 0 Å². The fraction of sp³-hybridized carbons (Fsp3) is 0.333. The van der Waals surface area contributed by atoms with Crippen molar-refractivity contribution >= 4 is 0 Å². The lowest BCUT2D eigenvalue weighted by Crippen LogP contribution is -2.21. The van der Waals surface area contributed by atoms with Crippen LogP contribution in [-0.2, 0) is 6.54 Å². The first-order chi connectivity index (χ1) is 7.75. The summed E-state index contributed by atoms with van der Waals surface area (Å²) in [6.07, 6.45) is 3.24. The van der Waals surface area contributed by atoms with Gasteiger partial charge in [0, 0.05) is 12.6 Å². The fourth-order valence-corrected chi connectivity index (χ4v) is 1.47. The zero-order valence-corrected chi connectivity index (χ0v) is 9.59. The number of hydrogen-bond acceptors (Lipinski definition) is 3. The Kier molecular flexibility index (Phi) is 3.31. The first-order valence-corrected chi connectivity index (χ1v) is 5.43. The van der Waals surface area contributed by atoms with Crippen LogP contribution in [0, 0.1) is 0 Å². The zero-order valence-electron chi connectivity index (χ0n) is 9.59. The second-order valence-electron chi connectivity index (χ2n) is 4.05. The van der Waals surface area contributed by atoms with Gasteiger partial charge in [-0.05, 0) is 17.7 Å². The SMILES string of the molecule is CC(C)NCc1cccc(-n2cncn2)c1. The molecule has 1 aromatic carbocycles. The minimum absolute atomic E-state index is 0.495. The van der Waals surface area contributed by atoms with Crippen LogP contribution in [0.3, 0.4) is 0 Å². The Balaban J connectivity index is 2.14. The maximum absolute atomic E-state index is 4.11. The predicted molar refractivity (Wildman–Crippen MR) is 63.3 cm³/mol. The molecule has 0 amide bonds.